The molecule has 2 heterocycles. The zero-order chi connectivity index (χ0) is 17.8. The molecule has 0 bridgehead atoms. The molecule has 0 saturated carbocycles. The Morgan fingerprint density at radius 2 is 2.08 bits per heavy atom. The molecule has 1 N–H and O–H groups in total. The Kier molecular flexibility index (Phi) is 5.79. The summed E-state index contributed by atoms with van der Waals surface area (Å²) in [4.78, 5) is 14.2. The van der Waals surface area contributed by atoms with Crippen LogP contribution in [0.2, 0.25) is 0 Å². The van der Waals surface area contributed by atoms with Crippen molar-refractivity contribution in [3.63, 3.8) is 0 Å². The van der Waals surface area contributed by atoms with Gasteiger partial charge in [0.15, 0.2) is 0 Å². The van der Waals surface area contributed by atoms with E-state index in [0.717, 1.165) is 23.9 Å². The summed E-state index contributed by atoms with van der Waals surface area (Å²) in [6.07, 6.45) is 10.4. The highest BCUT2D eigenvalue weighted by Crippen LogP contribution is 2.34. The first-order chi connectivity index (χ1) is 12.1. The van der Waals surface area contributed by atoms with E-state index in [0.29, 0.717) is 17.6 Å². The Labute approximate surface area is 150 Å². The number of rotatable bonds is 7. The second-order valence-electron chi connectivity index (χ2n) is 7.38. The van der Waals surface area contributed by atoms with E-state index < -0.39 is 5.97 Å². The summed E-state index contributed by atoms with van der Waals surface area (Å²) in [7, 11) is 2.22. The van der Waals surface area contributed by atoms with Crippen molar-refractivity contribution in [3.8, 4) is 0 Å². The fourth-order valence-electron chi connectivity index (χ4n) is 4.36. The quantitative estimate of drug-likeness (QED) is 0.725. The first-order valence-corrected chi connectivity index (χ1v) is 9.66. The zero-order valence-corrected chi connectivity index (χ0v) is 15.4. The fraction of sp³-hybridized carbons (Fsp3) is 0.571. The summed E-state index contributed by atoms with van der Waals surface area (Å²) in [5, 5.41) is 10.5. The lowest BCUT2D eigenvalue weighted by Gasteiger charge is -2.39. The molecular weight excluding hydrogens is 312 g/mol. The van der Waals surface area contributed by atoms with Crippen LogP contribution in [0.25, 0.3) is 10.9 Å². The van der Waals surface area contributed by atoms with Gasteiger partial charge in [0.05, 0.1) is 5.56 Å². The molecule has 1 fully saturated rings. The molecule has 3 rings (SSSR count). The first-order valence-electron chi connectivity index (χ1n) is 9.66. The van der Waals surface area contributed by atoms with Crippen molar-refractivity contribution in [2.75, 3.05) is 13.6 Å². The van der Waals surface area contributed by atoms with Crippen LogP contribution in [0.5, 0.6) is 0 Å². The van der Waals surface area contributed by atoms with Crippen LogP contribution >= 0.6 is 0 Å². The smallest absolute Gasteiger partial charge is 0.337 e. The molecule has 1 aromatic carbocycles. The standard InChI is InChI=1S/C21H30N2O2/c1-3-4-5-13-20(19-12-8-9-14-22(19)2)23-15-17(21(24)25)16-10-6-7-11-18(16)23/h6-7,10-11,15,19-20H,3-5,8-9,12-14H2,1-2H3,(H,24,25). The average Bonchev–Trinajstić information content (AvgIpc) is 3.00. The van der Waals surface area contributed by atoms with Gasteiger partial charge in [-0.15, -0.1) is 0 Å². The predicted molar refractivity (Wildman–Crippen MR) is 102 cm³/mol. The fourth-order valence-corrected chi connectivity index (χ4v) is 4.36. The lowest BCUT2D eigenvalue weighted by atomic mass is 9.92. The van der Waals surface area contributed by atoms with Crippen molar-refractivity contribution in [2.24, 2.45) is 0 Å². The molecule has 25 heavy (non-hydrogen) atoms. The van der Waals surface area contributed by atoms with Gasteiger partial charge in [-0.1, -0.05) is 50.8 Å². The summed E-state index contributed by atoms with van der Waals surface area (Å²) < 4.78 is 2.26. The molecule has 2 aromatic rings. The number of carboxylic acids is 1. The van der Waals surface area contributed by atoms with Crippen molar-refractivity contribution in [2.45, 2.75) is 64.0 Å². The summed E-state index contributed by atoms with van der Waals surface area (Å²) in [6, 6.07) is 8.77. The van der Waals surface area contributed by atoms with Gasteiger partial charge < -0.3 is 14.6 Å². The summed E-state index contributed by atoms with van der Waals surface area (Å²) in [5.74, 6) is -0.834. The molecule has 1 aromatic heterocycles. The number of aromatic carboxylic acids is 1. The predicted octanol–water partition coefficient (Wildman–Crippen LogP) is 4.95. The number of piperidine rings is 1. The number of fused-ring (bicyclic) bond motifs is 1. The third-order valence-electron chi connectivity index (χ3n) is 5.70. The lowest BCUT2D eigenvalue weighted by molar-refractivity contribution is 0.0698. The number of unbranched alkanes of at least 4 members (excludes halogenated alkanes) is 2. The minimum atomic E-state index is -0.834. The summed E-state index contributed by atoms with van der Waals surface area (Å²) >= 11 is 0. The van der Waals surface area contributed by atoms with Crippen molar-refractivity contribution in [1.29, 1.82) is 0 Å². The Morgan fingerprint density at radius 3 is 2.80 bits per heavy atom. The Bertz CT molecular complexity index is 722. The van der Waals surface area contributed by atoms with Gasteiger partial charge in [0, 0.05) is 29.2 Å². The summed E-state index contributed by atoms with van der Waals surface area (Å²) in [5.41, 5.74) is 1.48. The summed E-state index contributed by atoms with van der Waals surface area (Å²) in [6.45, 7) is 3.37. The van der Waals surface area contributed by atoms with Gasteiger partial charge >= 0.3 is 5.97 Å². The van der Waals surface area contributed by atoms with Gasteiger partial charge in [-0.2, -0.15) is 0 Å². The molecular formula is C21H30N2O2. The molecule has 0 spiro atoms. The lowest BCUT2D eigenvalue weighted by Crippen LogP contribution is -2.42. The van der Waals surface area contributed by atoms with E-state index in [-0.39, 0.29) is 0 Å². The molecule has 2 unspecified atom stereocenters. The van der Waals surface area contributed by atoms with Gasteiger partial charge in [-0.25, -0.2) is 4.79 Å². The third-order valence-corrected chi connectivity index (χ3v) is 5.70. The van der Waals surface area contributed by atoms with Gasteiger partial charge in [-0.3, -0.25) is 0 Å². The van der Waals surface area contributed by atoms with Crippen LogP contribution < -0.4 is 0 Å². The Hall–Kier alpha value is -1.81. The number of hydrogen-bond acceptors (Lipinski definition) is 2. The molecule has 1 aliphatic rings. The maximum Gasteiger partial charge on any atom is 0.337 e. The third kappa shape index (κ3) is 3.74. The van der Waals surface area contributed by atoms with Crippen LogP contribution in [0.15, 0.2) is 30.5 Å². The van der Waals surface area contributed by atoms with Crippen LogP contribution in [0.3, 0.4) is 0 Å². The van der Waals surface area contributed by atoms with E-state index in [1.54, 1.807) is 0 Å². The van der Waals surface area contributed by atoms with Gasteiger partial charge in [0.2, 0.25) is 0 Å². The van der Waals surface area contributed by atoms with Crippen LogP contribution in [-0.2, 0) is 0 Å². The van der Waals surface area contributed by atoms with Gasteiger partial charge in [-0.05, 0) is 38.9 Å². The van der Waals surface area contributed by atoms with Crippen LogP contribution in [-0.4, -0.2) is 40.2 Å². The molecule has 1 aliphatic heterocycles. The van der Waals surface area contributed by atoms with Crippen molar-refractivity contribution < 1.29 is 9.90 Å². The SMILES string of the molecule is CCCCCC(C1CCCCN1C)n1cc(C(=O)O)c2ccccc21. The average molecular weight is 342 g/mol. The number of nitrogens with zero attached hydrogens (tertiary/aromatic N) is 2. The minimum absolute atomic E-state index is 0.342. The number of carboxylic acid groups (broad SMARTS) is 1. The topological polar surface area (TPSA) is 45.5 Å². The second kappa shape index (κ2) is 8.05. The van der Waals surface area contributed by atoms with E-state index >= 15 is 0 Å². The molecule has 4 heteroatoms. The van der Waals surface area contributed by atoms with E-state index in [1.807, 2.05) is 24.4 Å². The Morgan fingerprint density at radius 1 is 1.28 bits per heavy atom. The molecule has 0 radical (unpaired) electrons. The number of aromatic nitrogens is 1. The number of likely N-dealkylation sites (N-methyl/N-ethyl adjacent to an activating group) is 1. The number of likely N-dealkylation sites (tertiary alicyclic amines) is 1. The normalized spacial score (nSPS) is 20.0. The first kappa shape index (κ1) is 18.0. The largest absolute Gasteiger partial charge is 0.478 e. The molecule has 0 amide bonds. The van der Waals surface area contributed by atoms with E-state index in [9.17, 15) is 9.90 Å². The van der Waals surface area contributed by atoms with E-state index in [1.165, 1.54) is 38.5 Å². The molecule has 1 saturated heterocycles. The number of para-hydroxylation sites is 1. The van der Waals surface area contributed by atoms with Crippen LogP contribution in [0.1, 0.15) is 68.3 Å². The molecule has 2 atom stereocenters. The monoisotopic (exact) mass is 342 g/mol. The Balaban J connectivity index is 2.02. The maximum absolute atomic E-state index is 11.7. The number of hydrogen-bond donors (Lipinski definition) is 1. The van der Waals surface area contributed by atoms with Gasteiger partial charge in [0.25, 0.3) is 0 Å². The highest BCUT2D eigenvalue weighted by Gasteiger charge is 2.30. The van der Waals surface area contributed by atoms with Gasteiger partial charge in [0.1, 0.15) is 0 Å². The number of carbonyl (C=O) groups is 1. The number of benzene rings is 1. The van der Waals surface area contributed by atoms with Crippen LogP contribution in [0, 0.1) is 0 Å². The van der Waals surface area contributed by atoms with Crippen molar-refractivity contribution in [1.82, 2.24) is 9.47 Å². The van der Waals surface area contributed by atoms with E-state index in [2.05, 4.69) is 29.5 Å². The van der Waals surface area contributed by atoms with Crippen LogP contribution in [0.4, 0.5) is 0 Å². The maximum atomic E-state index is 11.7. The minimum Gasteiger partial charge on any atom is -0.478 e. The molecule has 136 valence electrons. The van der Waals surface area contributed by atoms with E-state index in [4.69, 9.17) is 0 Å². The van der Waals surface area contributed by atoms with Crippen molar-refractivity contribution >= 4 is 16.9 Å². The highest BCUT2D eigenvalue weighted by molar-refractivity contribution is 6.03. The molecule has 4 nitrogen and oxygen atoms in total. The zero-order valence-electron chi connectivity index (χ0n) is 15.4. The molecule has 0 aliphatic carbocycles. The second-order valence-corrected chi connectivity index (χ2v) is 7.38. The van der Waals surface area contributed by atoms with Crippen molar-refractivity contribution in [3.05, 3.63) is 36.0 Å². The highest BCUT2D eigenvalue weighted by atomic mass is 16.4.